The number of aryl methyl sites for hydroxylation is 2. The largest absolute Gasteiger partial charge is 0.417 e. The fraction of sp³-hybridized carbons (Fsp3) is 0.364. The van der Waals surface area contributed by atoms with E-state index in [9.17, 15) is 13.2 Å². The highest BCUT2D eigenvalue weighted by molar-refractivity contribution is 9.10. The molecule has 2 aromatic rings. The second-order valence-corrected chi connectivity index (χ2v) is 4.62. The molecule has 0 unspecified atom stereocenters. The van der Waals surface area contributed by atoms with Crippen molar-refractivity contribution in [1.29, 1.82) is 0 Å². The number of halogens is 4. The second-order valence-electron chi connectivity index (χ2n) is 3.77. The highest BCUT2D eigenvalue weighted by Crippen LogP contribution is 2.33. The van der Waals surface area contributed by atoms with Crippen LogP contribution in [0.2, 0.25) is 0 Å². The van der Waals surface area contributed by atoms with Gasteiger partial charge in [-0.1, -0.05) is 6.92 Å². The van der Waals surface area contributed by atoms with Crippen LogP contribution in [-0.2, 0) is 12.6 Å². The molecule has 2 rings (SSSR count). The summed E-state index contributed by atoms with van der Waals surface area (Å²) in [5.74, 6) is 0. The Balaban J connectivity index is 2.76. The zero-order chi connectivity index (χ0) is 12.8. The molecule has 2 heterocycles. The van der Waals surface area contributed by atoms with Gasteiger partial charge in [-0.25, -0.2) is 4.98 Å². The lowest BCUT2D eigenvalue weighted by atomic mass is 10.2. The third-order valence-electron chi connectivity index (χ3n) is 2.67. The van der Waals surface area contributed by atoms with Crippen molar-refractivity contribution in [1.82, 2.24) is 9.38 Å². The van der Waals surface area contributed by atoms with E-state index in [4.69, 9.17) is 0 Å². The van der Waals surface area contributed by atoms with Gasteiger partial charge in [0.1, 0.15) is 0 Å². The summed E-state index contributed by atoms with van der Waals surface area (Å²) in [6.07, 6.45) is -2.57. The van der Waals surface area contributed by atoms with E-state index in [1.165, 1.54) is 4.40 Å². The molecule has 92 valence electrons. The molecule has 0 spiro atoms. The summed E-state index contributed by atoms with van der Waals surface area (Å²) in [7, 11) is 0. The second kappa shape index (κ2) is 4.01. The van der Waals surface area contributed by atoms with Gasteiger partial charge >= 0.3 is 6.18 Å². The van der Waals surface area contributed by atoms with Gasteiger partial charge in [0.25, 0.3) is 0 Å². The van der Waals surface area contributed by atoms with E-state index in [2.05, 4.69) is 20.9 Å². The molecule has 6 heteroatoms. The first-order chi connectivity index (χ1) is 7.84. The van der Waals surface area contributed by atoms with Crippen molar-refractivity contribution in [3.63, 3.8) is 0 Å². The van der Waals surface area contributed by atoms with Crippen molar-refractivity contribution in [3.05, 3.63) is 33.7 Å². The number of pyridine rings is 1. The SMILES string of the molecule is CCc1nc2c(Br)cc(C(F)(F)F)cn2c1C. The molecular formula is C11H10BrF3N2. The lowest BCUT2D eigenvalue weighted by molar-refractivity contribution is -0.137. The van der Waals surface area contributed by atoms with Gasteiger partial charge in [-0.2, -0.15) is 13.2 Å². The van der Waals surface area contributed by atoms with Crippen molar-refractivity contribution in [2.75, 3.05) is 0 Å². The van der Waals surface area contributed by atoms with Crippen molar-refractivity contribution < 1.29 is 13.2 Å². The highest BCUT2D eigenvalue weighted by atomic mass is 79.9. The standard InChI is InChI=1S/C11H10BrF3N2/c1-3-9-6(2)17-5-7(11(13,14)15)4-8(12)10(17)16-9/h4-5H,3H2,1-2H3. The fourth-order valence-electron chi connectivity index (χ4n) is 1.75. The Morgan fingerprint density at radius 3 is 2.59 bits per heavy atom. The van der Waals surface area contributed by atoms with Gasteiger partial charge in [0.15, 0.2) is 5.65 Å². The van der Waals surface area contributed by atoms with E-state index in [0.29, 0.717) is 16.5 Å². The fourth-order valence-corrected chi connectivity index (χ4v) is 2.28. The first-order valence-corrected chi connectivity index (χ1v) is 5.88. The summed E-state index contributed by atoms with van der Waals surface area (Å²) in [5, 5.41) is 0. The molecule has 0 saturated heterocycles. The Hall–Kier alpha value is -1.04. The number of nitrogens with zero attached hydrogens (tertiary/aromatic N) is 2. The Kier molecular flexibility index (Phi) is 2.93. The molecule has 2 aromatic heterocycles. The van der Waals surface area contributed by atoms with Gasteiger partial charge in [0, 0.05) is 11.9 Å². The van der Waals surface area contributed by atoms with Crippen LogP contribution < -0.4 is 0 Å². The quantitative estimate of drug-likeness (QED) is 0.779. The van der Waals surface area contributed by atoms with Gasteiger partial charge in [-0.05, 0) is 35.3 Å². The first kappa shape index (κ1) is 12.4. The smallest absolute Gasteiger partial charge is 0.303 e. The van der Waals surface area contributed by atoms with Gasteiger partial charge in [-0.15, -0.1) is 0 Å². The lowest BCUT2D eigenvalue weighted by Crippen LogP contribution is -2.07. The number of aromatic nitrogens is 2. The topological polar surface area (TPSA) is 17.3 Å². The molecule has 0 fully saturated rings. The molecule has 0 aromatic carbocycles. The highest BCUT2D eigenvalue weighted by Gasteiger charge is 2.32. The van der Waals surface area contributed by atoms with E-state index in [0.717, 1.165) is 23.7 Å². The van der Waals surface area contributed by atoms with Crippen molar-refractivity contribution in [2.45, 2.75) is 26.4 Å². The van der Waals surface area contributed by atoms with Crippen molar-refractivity contribution >= 4 is 21.6 Å². The summed E-state index contributed by atoms with van der Waals surface area (Å²) < 4.78 is 39.8. The third-order valence-corrected chi connectivity index (χ3v) is 3.26. The number of hydrogen-bond donors (Lipinski definition) is 0. The summed E-state index contributed by atoms with van der Waals surface area (Å²) in [5.41, 5.74) is 1.40. The minimum absolute atomic E-state index is 0.357. The van der Waals surface area contributed by atoms with Crippen LogP contribution in [0.25, 0.3) is 5.65 Å². The predicted molar refractivity (Wildman–Crippen MR) is 62.0 cm³/mol. The van der Waals surface area contributed by atoms with Crippen LogP contribution in [0, 0.1) is 6.92 Å². The van der Waals surface area contributed by atoms with E-state index in [1.54, 1.807) is 6.92 Å². The van der Waals surface area contributed by atoms with Gasteiger partial charge in [0.2, 0.25) is 0 Å². The Bertz CT molecular complexity index is 572. The zero-order valence-electron chi connectivity index (χ0n) is 9.27. The summed E-state index contributed by atoms with van der Waals surface area (Å²) in [6, 6.07) is 1.06. The molecule has 0 atom stereocenters. The monoisotopic (exact) mass is 306 g/mol. The number of hydrogen-bond acceptors (Lipinski definition) is 1. The Morgan fingerprint density at radius 1 is 1.41 bits per heavy atom. The number of imidazole rings is 1. The maximum atomic E-state index is 12.7. The van der Waals surface area contributed by atoms with Crippen LogP contribution in [0.1, 0.15) is 23.9 Å². The van der Waals surface area contributed by atoms with Crippen LogP contribution in [0.15, 0.2) is 16.7 Å². The number of fused-ring (bicyclic) bond motifs is 1. The summed E-state index contributed by atoms with van der Waals surface area (Å²) >= 11 is 3.13. The van der Waals surface area contributed by atoms with Crippen LogP contribution in [-0.4, -0.2) is 9.38 Å². The van der Waals surface area contributed by atoms with E-state index < -0.39 is 11.7 Å². The lowest BCUT2D eigenvalue weighted by Gasteiger charge is -2.08. The predicted octanol–water partition coefficient (Wildman–Crippen LogP) is 3.99. The average Bonchev–Trinajstić information content (AvgIpc) is 2.55. The van der Waals surface area contributed by atoms with Crippen LogP contribution in [0.3, 0.4) is 0 Å². The van der Waals surface area contributed by atoms with Gasteiger partial charge < -0.3 is 4.40 Å². The summed E-state index contributed by atoms with van der Waals surface area (Å²) in [6.45, 7) is 3.69. The molecule has 0 radical (unpaired) electrons. The molecule has 0 saturated carbocycles. The van der Waals surface area contributed by atoms with E-state index >= 15 is 0 Å². The molecule has 0 amide bonds. The maximum absolute atomic E-state index is 12.7. The molecule has 0 aliphatic carbocycles. The van der Waals surface area contributed by atoms with Crippen LogP contribution >= 0.6 is 15.9 Å². The number of rotatable bonds is 1. The third kappa shape index (κ3) is 2.06. The van der Waals surface area contributed by atoms with Crippen molar-refractivity contribution in [3.8, 4) is 0 Å². The van der Waals surface area contributed by atoms with E-state index in [-0.39, 0.29) is 0 Å². The van der Waals surface area contributed by atoms with Crippen LogP contribution in [0.5, 0.6) is 0 Å². The minimum Gasteiger partial charge on any atom is -0.303 e. The zero-order valence-corrected chi connectivity index (χ0v) is 10.9. The molecule has 0 aliphatic heterocycles. The summed E-state index contributed by atoms with van der Waals surface area (Å²) in [4.78, 5) is 4.30. The maximum Gasteiger partial charge on any atom is 0.417 e. The van der Waals surface area contributed by atoms with Gasteiger partial charge in [-0.3, -0.25) is 0 Å². The molecule has 0 N–H and O–H groups in total. The average molecular weight is 307 g/mol. The van der Waals surface area contributed by atoms with Crippen LogP contribution in [0.4, 0.5) is 13.2 Å². The Labute approximate surface area is 105 Å². The molecule has 0 bridgehead atoms. The number of alkyl halides is 3. The molecule has 17 heavy (non-hydrogen) atoms. The normalized spacial score (nSPS) is 12.4. The first-order valence-electron chi connectivity index (χ1n) is 5.09. The molecule has 2 nitrogen and oxygen atoms in total. The Morgan fingerprint density at radius 2 is 2.06 bits per heavy atom. The minimum atomic E-state index is -4.35. The van der Waals surface area contributed by atoms with Crippen molar-refractivity contribution in [2.24, 2.45) is 0 Å². The molecule has 0 aliphatic rings. The van der Waals surface area contributed by atoms with E-state index in [1.807, 2.05) is 6.92 Å². The van der Waals surface area contributed by atoms with Gasteiger partial charge in [0.05, 0.1) is 15.7 Å². The molecular weight excluding hydrogens is 297 g/mol.